The maximum absolute atomic E-state index is 13.1. The van der Waals surface area contributed by atoms with Crippen LogP contribution in [-0.2, 0) is 11.3 Å². The SMILES string of the molecule is O=C(C[n+]1ccccc1)N(c1ccc(Cl)cc1)c1ccc(Cl)cc1[N+](=O)[O-]. The first-order valence-corrected chi connectivity index (χ1v) is 8.68. The molecule has 136 valence electrons. The summed E-state index contributed by atoms with van der Waals surface area (Å²) in [6, 6.07) is 16.1. The number of benzene rings is 2. The van der Waals surface area contributed by atoms with Gasteiger partial charge in [0.1, 0.15) is 5.69 Å². The van der Waals surface area contributed by atoms with E-state index in [-0.39, 0.29) is 28.8 Å². The van der Waals surface area contributed by atoms with Crippen molar-refractivity contribution in [2.75, 3.05) is 4.90 Å². The number of carbonyl (C=O) groups excluding carboxylic acids is 1. The molecule has 6 nitrogen and oxygen atoms in total. The number of aromatic nitrogens is 1. The normalized spacial score (nSPS) is 10.4. The van der Waals surface area contributed by atoms with Crippen LogP contribution < -0.4 is 9.47 Å². The molecule has 0 N–H and O–H groups in total. The van der Waals surface area contributed by atoms with Crippen LogP contribution in [-0.4, -0.2) is 10.8 Å². The first-order valence-electron chi connectivity index (χ1n) is 7.92. The minimum Gasteiger partial charge on any atom is -0.269 e. The van der Waals surface area contributed by atoms with Crippen LogP contribution in [0.5, 0.6) is 0 Å². The second-order valence-corrected chi connectivity index (χ2v) is 6.52. The maximum Gasteiger partial charge on any atom is 0.297 e. The summed E-state index contributed by atoms with van der Waals surface area (Å²) in [5.41, 5.74) is 0.337. The molecular weight excluding hydrogens is 389 g/mol. The van der Waals surface area contributed by atoms with E-state index in [2.05, 4.69) is 0 Å². The van der Waals surface area contributed by atoms with Crippen molar-refractivity contribution in [1.82, 2.24) is 0 Å². The fourth-order valence-corrected chi connectivity index (χ4v) is 2.90. The fraction of sp³-hybridized carbons (Fsp3) is 0.0526. The predicted molar refractivity (Wildman–Crippen MR) is 103 cm³/mol. The van der Waals surface area contributed by atoms with Crippen molar-refractivity contribution in [3.63, 3.8) is 0 Å². The van der Waals surface area contributed by atoms with Gasteiger partial charge in [-0.05, 0) is 36.4 Å². The zero-order valence-electron chi connectivity index (χ0n) is 14.0. The van der Waals surface area contributed by atoms with E-state index in [4.69, 9.17) is 23.2 Å². The molecule has 0 atom stereocenters. The second kappa shape index (κ2) is 8.16. The molecule has 0 spiro atoms. The van der Waals surface area contributed by atoms with E-state index < -0.39 is 4.92 Å². The van der Waals surface area contributed by atoms with E-state index in [1.807, 2.05) is 6.07 Å². The molecule has 2 aromatic carbocycles. The molecule has 27 heavy (non-hydrogen) atoms. The van der Waals surface area contributed by atoms with Gasteiger partial charge < -0.3 is 0 Å². The van der Waals surface area contributed by atoms with Gasteiger partial charge in [0, 0.05) is 33.9 Å². The van der Waals surface area contributed by atoms with Crippen LogP contribution in [0.4, 0.5) is 17.1 Å². The molecule has 8 heteroatoms. The van der Waals surface area contributed by atoms with Crippen molar-refractivity contribution in [2.45, 2.75) is 6.54 Å². The largest absolute Gasteiger partial charge is 0.297 e. The van der Waals surface area contributed by atoms with Crippen LogP contribution in [0.1, 0.15) is 0 Å². The third-order valence-electron chi connectivity index (χ3n) is 3.80. The summed E-state index contributed by atoms with van der Waals surface area (Å²) in [7, 11) is 0. The highest BCUT2D eigenvalue weighted by atomic mass is 35.5. The van der Waals surface area contributed by atoms with Gasteiger partial charge in [0.05, 0.1) is 4.92 Å². The van der Waals surface area contributed by atoms with Crippen LogP contribution in [0.15, 0.2) is 73.1 Å². The van der Waals surface area contributed by atoms with E-state index in [1.165, 1.54) is 23.1 Å². The zero-order chi connectivity index (χ0) is 19.4. The van der Waals surface area contributed by atoms with Gasteiger partial charge in [-0.3, -0.25) is 19.8 Å². The first-order chi connectivity index (χ1) is 13.0. The zero-order valence-corrected chi connectivity index (χ0v) is 15.5. The minimum atomic E-state index is -0.562. The molecule has 0 aliphatic carbocycles. The van der Waals surface area contributed by atoms with Crippen molar-refractivity contribution < 1.29 is 14.3 Å². The van der Waals surface area contributed by atoms with Crippen LogP contribution in [0, 0.1) is 10.1 Å². The van der Waals surface area contributed by atoms with Gasteiger partial charge in [-0.15, -0.1) is 0 Å². The highest BCUT2D eigenvalue weighted by Gasteiger charge is 2.28. The molecule has 0 radical (unpaired) electrons. The van der Waals surface area contributed by atoms with Gasteiger partial charge >= 0.3 is 0 Å². The molecule has 0 aliphatic heterocycles. The van der Waals surface area contributed by atoms with E-state index >= 15 is 0 Å². The van der Waals surface area contributed by atoms with E-state index in [0.29, 0.717) is 10.7 Å². The molecule has 0 unspecified atom stereocenters. The van der Waals surface area contributed by atoms with Gasteiger partial charge in [-0.25, -0.2) is 0 Å². The Labute approximate surface area is 165 Å². The van der Waals surface area contributed by atoms with Gasteiger partial charge in [0.25, 0.3) is 11.6 Å². The Balaban J connectivity index is 2.09. The maximum atomic E-state index is 13.1. The fourth-order valence-electron chi connectivity index (χ4n) is 2.61. The van der Waals surface area contributed by atoms with Crippen molar-refractivity contribution in [3.8, 4) is 0 Å². The van der Waals surface area contributed by atoms with Crippen molar-refractivity contribution >= 4 is 46.2 Å². The average molecular weight is 403 g/mol. The molecule has 1 aromatic heterocycles. The highest BCUT2D eigenvalue weighted by molar-refractivity contribution is 6.31. The van der Waals surface area contributed by atoms with Crippen LogP contribution in [0.25, 0.3) is 0 Å². The average Bonchev–Trinajstić information content (AvgIpc) is 2.65. The van der Waals surface area contributed by atoms with E-state index in [9.17, 15) is 14.9 Å². The molecule has 0 aliphatic rings. The van der Waals surface area contributed by atoms with Gasteiger partial charge in [0.15, 0.2) is 12.4 Å². The van der Waals surface area contributed by atoms with Crippen molar-refractivity contribution in [1.29, 1.82) is 0 Å². The number of hydrogen-bond acceptors (Lipinski definition) is 3. The molecule has 3 rings (SSSR count). The number of hydrogen-bond donors (Lipinski definition) is 0. The number of rotatable bonds is 5. The smallest absolute Gasteiger partial charge is 0.269 e. The Morgan fingerprint density at radius 3 is 2.26 bits per heavy atom. The lowest BCUT2D eigenvalue weighted by atomic mass is 10.2. The van der Waals surface area contributed by atoms with E-state index in [0.717, 1.165) is 0 Å². The molecule has 1 amide bonds. The summed E-state index contributed by atoms with van der Waals surface area (Å²) in [6.45, 7) is 0.00322. The number of carbonyl (C=O) groups is 1. The summed E-state index contributed by atoms with van der Waals surface area (Å²) in [4.78, 5) is 25.3. The number of halogens is 2. The first kappa shape index (κ1) is 18.8. The molecule has 3 aromatic rings. The Kier molecular flexibility index (Phi) is 5.69. The highest BCUT2D eigenvalue weighted by Crippen LogP contribution is 2.36. The predicted octanol–water partition coefficient (Wildman–Crippen LogP) is 4.55. The molecule has 1 heterocycles. The number of nitro benzene ring substituents is 1. The van der Waals surface area contributed by atoms with Crippen LogP contribution >= 0.6 is 23.2 Å². The lowest BCUT2D eigenvalue weighted by molar-refractivity contribution is -0.684. The standard InChI is InChI=1S/C19H14Cl2N3O3/c20-14-4-7-16(8-5-14)23(19(25)13-22-10-2-1-3-11-22)17-9-6-15(21)12-18(17)24(26)27/h1-12H,13H2/q+1. The second-order valence-electron chi connectivity index (χ2n) is 5.64. The summed E-state index contributed by atoms with van der Waals surface area (Å²) >= 11 is 11.9. The van der Waals surface area contributed by atoms with Gasteiger partial charge in [0.2, 0.25) is 6.54 Å². The van der Waals surface area contributed by atoms with Crippen LogP contribution in [0.2, 0.25) is 10.0 Å². The number of amides is 1. The lowest BCUT2D eigenvalue weighted by Gasteiger charge is -2.21. The number of nitro groups is 1. The van der Waals surface area contributed by atoms with Crippen LogP contribution in [0.3, 0.4) is 0 Å². The Morgan fingerprint density at radius 2 is 1.63 bits per heavy atom. The summed E-state index contributed by atoms with van der Waals surface area (Å²) in [5, 5.41) is 12.2. The summed E-state index contributed by atoms with van der Waals surface area (Å²) in [6.07, 6.45) is 3.49. The monoisotopic (exact) mass is 402 g/mol. The quantitative estimate of drug-likeness (QED) is 0.357. The van der Waals surface area contributed by atoms with Gasteiger partial charge in [-0.1, -0.05) is 29.3 Å². The molecule has 0 saturated heterocycles. The lowest BCUT2D eigenvalue weighted by Crippen LogP contribution is -2.43. The van der Waals surface area contributed by atoms with Gasteiger partial charge in [-0.2, -0.15) is 4.57 Å². The number of nitrogens with zero attached hydrogens (tertiary/aromatic N) is 3. The summed E-state index contributed by atoms with van der Waals surface area (Å²) < 4.78 is 1.69. The minimum absolute atomic E-state index is 0.00322. The summed E-state index contributed by atoms with van der Waals surface area (Å²) in [5.74, 6) is -0.348. The Bertz CT molecular complexity index is 979. The molecule has 0 saturated carbocycles. The third-order valence-corrected chi connectivity index (χ3v) is 4.29. The molecule has 0 bridgehead atoms. The van der Waals surface area contributed by atoms with E-state index in [1.54, 1.807) is 53.4 Å². The topological polar surface area (TPSA) is 67.3 Å². The molecule has 0 fully saturated rings. The number of anilines is 2. The van der Waals surface area contributed by atoms with Crippen molar-refractivity contribution in [3.05, 3.63) is 93.2 Å². The number of pyridine rings is 1. The Hall–Kier alpha value is -2.96. The van der Waals surface area contributed by atoms with Crippen molar-refractivity contribution in [2.24, 2.45) is 0 Å². The third kappa shape index (κ3) is 4.42. The Morgan fingerprint density at radius 1 is 1.00 bits per heavy atom. The molecular formula is C19H14Cl2N3O3+.